The van der Waals surface area contributed by atoms with Gasteiger partial charge in [0.05, 0.1) is 6.54 Å². The zero-order valence-electron chi connectivity index (χ0n) is 9.92. The van der Waals surface area contributed by atoms with Gasteiger partial charge in [-0.2, -0.15) is 0 Å². The van der Waals surface area contributed by atoms with Crippen LogP contribution >= 0.6 is 0 Å². The fourth-order valence-corrected chi connectivity index (χ4v) is 1.44. The van der Waals surface area contributed by atoms with E-state index in [1.165, 1.54) is 7.05 Å². The summed E-state index contributed by atoms with van der Waals surface area (Å²) < 4.78 is 24.0. The normalized spacial score (nSPS) is 14.8. The number of halogens is 2. The molecule has 0 heterocycles. The van der Waals surface area contributed by atoms with Crippen molar-refractivity contribution in [2.75, 3.05) is 20.1 Å². The van der Waals surface area contributed by atoms with Crippen LogP contribution in [0.2, 0.25) is 0 Å². The lowest BCUT2D eigenvalue weighted by molar-refractivity contribution is -0.132. The van der Waals surface area contributed by atoms with E-state index in [0.29, 0.717) is 13.0 Å². The Hall–Kier alpha value is -1.20. The Labute approximate surface area is 99.3 Å². The molecule has 98 valence electrons. The molecule has 4 nitrogen and oxygen atoms in total. The van der Waals surface area contributed by atoms with Gasteiger partial charge in [-0.3, -0.25) is 9.59 Å². The van der Waals surface area contributed by atoms with Crippen LogP contribution in [0.1, 0.15) is 25.7 Å². The highest BCUT2D eigenvalue weighted by Crippen LogP contribution is 2.28. The minimum Gasteiger partial charge on any atom is -0.356 e. The van der Waals surface area contributed by atoms with Gasteiger partial charge in [0.15, 0.2) is 0 Å². The largest absolute Gasteiger partial charge is 0.356 e. The first-order chi connectivity index (χ1) is 8.00. The van der Waals surface area contributed by atoms with Gasteiger partial charge in [0, 0.05) is 25.9 Å². The Bertz CT molecular complexity index is 281. The van der Waals surface area contributed by atoms with Crippen molar-refractivity contribution in [2.24, 2.45) is 5.92 Å². The molecule has 1 rings (SSSR count). The van der Waals surface area contributed by atoms with E-state index in [2.05, 4.69) is 5.32 Å². The van der Waals surface area contributed by atoms with Crippen molar-refractivity contribution < 1.29 is 18.4 Å². The van der Waals surface area contributed by atoms with Crippen LogP contribution in [0.25, 0.3) is 0 Å². The average molecular weight is 248 g/mol. The third-order valence-electron chi connectivity index (χ3n) is 2.65. The topological polar surface area (TPSA) is 49.4 Å². The molecule has 0 aromatic rings. The molecule has 0 radical (unpaired) electrons. The number of nitrogens with zero attached hydrogens (tertiary/aromatic N) is 1. The third kappa shape index (κ3) is 5.60. The molecule has 0 aromatic carbocycles. The van der Waals surface area contributed by atoms with Crippen LogP contribution in [-0.4, -0.2) is 43.3 Å². The van der Waals surface area contributed by atoms with Gasteiger partial charge in [-0.1, -0.05) is 0 Å². The zero-order valence-corrected chi connectivity index (χ0v) is 9.92. The van der Waals surface area contributed by atoms with Crippen molar-refractivity contribution in [3.8, 4) is 0 Å². The molecule has 17 heavy (non-hydrogen) atoms. The first-order valence-electron chi connectivity index (χ1n) is 5.80. The molecule has 2 amide bonds. The smallest absolute Gasteiger partial charge is 0.255 e. The van der Waals surface area contributed by atoms with Gasteiger partial charge in [-0.15, -0.1) is 0 Å². The molecule has 6 heteroatoms. The Morgan fingerprint density at radius 1 is 1.41 bits per heavy atom. The predicted molar refractivity (Wildman–Crippen MR) is 58.6 cm³/mol. The van der Waals surface area contributed by atoms with Gasteiger partial charge in [0.2, 0.25) is 11.8 Å². The number of hydrogen-bond acceptors (Lipinski definition) is 2. The molecule has 0 aliphatic heterocycles. The number of carbonyl (C=O) groups is 2. The number of rotatable bonds is 7. The van der Waals surface area contributed by atoms with Crippen molar-refractivity contribution in [1.29, 1.82) is 0 Å². The van der Waals surface area contributed by atoms with Gasteiger partial charge < -0.3 is 10.2 Å². The van der Waals surface area contributed by atoms with E-state index in [1.807, 2.05) is 0 Å². The first kappa shape index (κ1) is 13.9. The lowest BCUT2D eigenvalue weighted by Crippen LogP contribution is -2.32. The highest BCUT2D eigenvalue weighted by Gasteiger charge is 2.29. The molecular formula is C11H18F2N2O2. The lowest BCUT2D eigenvalue weighted by atomic mass is 10.2. The van der Waals surface area contributed by atoms with E-state index in [4.69, 9.17) is 0 Å². The monoisotopic (exact) mass is 248 g/mol. The summed E-state index contributed by atoms with van der Waals surface area (Å²) >= 11 is 0. The molecule has 0 bridgehead atoms. The van der Waals surface area contributed by atoms with Gasteiger partial charge in [0.25, 0.3) is 6.43 Å². The summed E-state index contributed by atoms with van der Waals surface area (Å²) in [7, 11) is 1.36. The molecule has 0 aromatic heterocycles. The third-order valence-corrected chi connectivity index (χ3v) is 2.65. The van der Waals surface area contributed by atoms with E-state index in [-0.39, 0.29) is 24.2 Å². The molecule has 1 saturated carbocycles. The summed E-state index contributed by atoms with van der Waals surface area (Å²) in [6.45, 7) is -0.100. The number of alkyl halides is 2. The Morgan fingerprint density at radius 2 is 2.06 bits per heavy atom. The van der Waals surface area contributed by atoms with Gasteiger partial charge in [-0.25, -0.2) is 8.78 Å². The zero-order chi connectivity index (χ0) is 12.8. The van der Waals surface area contributed by atoms with E-state index in [0.717, 1.165) is 17.7 Å². The average Bonchev–Trinajstić information content (AvgIpc) is 3.06. The first-order valence-corrected chi connectivity index (χ1v) is 5.80. The number of amides is 2. The van der Waals surface area contributed by atoms with Crippen LogP contribution in [0.3, 0.4) is 0 Å². The molecule has 0 unspecified atom stereocenters. The quantitative estimate of drug-likeness (QED) is 0.684. The van der Waals surface area contributed by atoms with Crippen molar-refractivity contribution in [3.05, 3.63) is 0 Å². The summed E-state index contributed by atoms with van der Waals surface area (Å²) in [4.78, 5) is 23.6. The van der Waals surface area contributed by atoms with E-state index >= 15 is 0 Å². The van der Waals surface area contributed by atoms with E-state index in [9.17, 15) is 18.4 Å². The van der Waals surface area contributed by atoms with Crippen LogP contribution < -0.4 is 5.32 Å². The molecule has 1 fully saturated rings. The standard InChI is InChI=1S/C11H18F2N2O2/c1-15(7-9(12)13)10(16)3-2-6-14-11(17)8-4-5-8/h8-9H,2-7H2,1H3,(H,14,17). The maximum absolute atomic E-state index is 12.0. The van der Waals surface area contributed by atoms with Crippen molar-refractivity contribution >= 4 is 11.8 Å². The summed E-state index contributed by atoms with van der Waals surface area (Å²) in [5.41, 5.74) is 0. The number of hydrogen-bond donors (Lipinski definition) is 1. The number of nitrogens with one attached hydrogen (secondary N) is 1. The van der Waals surface area contributed by atoms with E-state index in [1.54, 1.807) is 0 Å². The molecule has 1 aliphatic carbocycles. The van der Waals surface area contributed by atoms with Gasteiger partial charge in [0.1, 0.15) is 0 Å². The minimum absolute atomic E-state index is 0.0402. The lowest BCUT2D eigenvalue weighted by Gasteiger charge is -2.16. The molecular weight excluding hydrogens is 230 g/mol. The second-order valence-electron chi connectivity index (χ2n) is 4.33. The fourth-order valence-electron chi connectivity index (χ4n) is 1.44. The van der Waals surface area contributed by atoms with Crippen LogP contribution in [0, 0.1) is 5.92 Å². The van der Waals surface area contributed by atoms with Gasteiger partial charge in [-0.05, 0) is 19.3 Å². The second-order valence-corrected chi connectivity index (χ2v) is 4.33. The maximum atomic E-state index is 12.0. The van der Waals surface area contributed by atoms with Gasteiger partial charge >= 0.3 is 0 Å². The maximum Gasteiger partial charge on any atom is 0.255 e. The van der Waals surface area contributed by atoms with Crippen LogP contribution in [-0.2, 0) is 9.59 Å². The fraction of sp³-hybridized carbons (Fsp3) is 0.818. The summed E-state index contributed by atoms with van der Waals surface area (Å²) in [6.07, 6.45) is 0.0709. The highest BCUT2D eigenvalue weighted by molar-refractivity contribution is 5.81. The summed E-state index contributed by atoms with van der Waals surface area (Å²) in [6, 6.07) is 0. The van der Waals surface area contributed by atoms with Crippen molar-refractivity contribution in [1.82, 2.24) is 10.2 Å². The molecule has 0 saturated heterocycles. The number of carbonyl (C=O) groups excluding carboxylic acids is 2. The predicted octanol–water partition coefficient (Wildman–Crippen LogP) is 1.02. The van der Waals surface area contributed by atoms with Crippen LogP contribution in [0.4, 0.5) is 8.78 Å². The molecule has 1 aliphatic rings. The molecule has 0 atom stereocenters. The van der Waals surface area contributed by atoms with Crippen molar-refractivity contribution in [3.63, 3.8) is 0 Å². The second kappa shape index (κ2) is 6.51. The SMILES string of the molecule is CN(CC(F)F)C(=O)CCCNC(=O)C1CC1. The van der Waals surface area contributed by atoms with E-state index < -0.39 is 13.0 Å². The summed E-state index contributed by atoms with van der Waals surface area (Å²) in [5, 5.41) is 2.72. The highest BCUT2D eigenvalue weighted by atomic mass is 19.3. The minimum atomic E-state index is -2.50. The Balaban J connectivity index is 2.04. The molecule has 0 spiro atoms. The van der Waals surface area contributed by atoms with Crippen molar-refractivity contribution in [2.45, 2.75) is 32.1 Å². The Kier molecular flexibility index (Phi) is 5.31. The van der Waals surface area contributed by atoms with Crippen LogP contribution in [0.5, 0.6) is 0 Å². The Morgan fingerprint density at radius 3 is 2.59 bits per heavy atom. The summed E-state index contributed by atoms with van der Waals surface area (Å²) in [5.74, 6) is -0.114. The molecule has 1 N–H and O–H groups in total. The van der Waals surface area contributed by atoms with Crippen LogP contribution in [0.15, 0.2) is 0 Å².